The number of aromatic amines is 1. The number of nitro benzene ring substituents is 1. The highest BCUT2D eigenvalue weighted by Crippen LogP contribution is 2.26. The van der Waals surface area contributed by atoms with Gasteiger partial charge in [-0.2, -0.15) is 5.10 Å². The van der Waals surface area contributed by atoms with Gasteiger partial charge in [0.25, 0.3) is 5.69 Å². The lowest BCUT2D eigenvalue weighted by molar-refractivity contribution is -0.384. The normalized spacial score (nSPS) is 10.7. The summed E-state index contributed by atoms with van der Waals surface area (Å²) in [7, 11) is 1.60. The Balaban J connectivity index is 2.53. The van der Waals surface area contributed by atoms with E-state index in [4.69, 9.17) is 17.0 Å². The number of H-pyrrole nitrogens is 1. The molecule has 1 N–H and O–H groups in total. The average Bonchev–Trinajstić information content (AvgIpc) is 2.78. The summed E-state index contributed by atoms with van der Waals surface area (Å²) in [5, 5.41) is 17.8. The number of hydrogen-bond acceptors (Lipinski definition) is 5. The van der Waals surface area contributed by atoms with Gasteiger partial charge in [-0.3, -0.25) is 19.8 Å². The van der Waals surface area contributed by atoms with Crippen LogP contribution in [0.25, 0.3) is 11.4 Å². The lowest BCUT2D eigenvalue weighted by Crippen LogP contribution is -2.07. The van der Waals surface area contributed by atoms with Crippen molar-refractivity contribution in [2.24, 2.45) is 0 Å². The minimum atomic E-state index is -0.427. The standard InChI is InChI=1S/C12H14N4O3S/c1-8-3-4-9(16(17)18)7-10(8)11-13-14-12(20)15(11)5-6-19-2/h3-4,7H,5-6H2,1-2H3,(H,14,20). The molecule has 2 rings (SSSR count). The molecule has 0 saturated carbocycles. The first-order chi connectivity index (χ1) is 9.54. The Bertz CT molecular complexity index is 692. The van der Waals surface area contributed by atoms with Gasteiger partial charge in [0.1, 0.15) is 0 Å². The Morgan fingerprint density at radius 3 is 2.95 bits per heavy atom. The highest BCUT2D eigenvalue weighted by molar-refractivity contribution is 7.71. The molecule has 2 aromatic rings. The topological polar surface area (TPSA) is 86.0 Å². The van der Waals surface area contributed by atoms with Crippen LogP contribution in [0.1, 0.15) is 5.56 Å². The lowest BCUT2D eigenvalue weighted by atomic mass is 10.1. The number of aryl methyl sites for hydroxylation is 1. The van der Waals surface area contributed by atoms with Crippen LogP contribution in [-0.4, -0.2) is 33.4 Å². The molecule has 1 aromatic heterocycles. The van der Waals surface area contributed by atoms with Crippen molar-refractivity contribution >= 4 is 17.9 Å². The summed E-state index contributed by atoms with van der Waals surface area (Å²) in [4.78, 5) is 10.5. The van der Waals surface area contributed by atoms with Gasteiger partial charge in [0.15, 0.2) is 10.6 Å². The van der Waals surface area contributed by atoms with Gasteiger partial charge < -0.3 is 4.74 Å². The quantitative estimate of drug-likeness (QED) is 0.520. The van der Waals surface area contributed by atoms with E-state index in [1.165, 1.54) is 12.1 Å². The van der Waals surface area contributed by atoms with Crippen molar-refractivity contribution in [2.75, 3.05) is 13.7 Å². The maximum Gasteiger partial charge on any atom is 0.270 e. The summed E-state index contributed by atoms with van der Waals surface area (Å²) >= 11 is 5.17. The van der Waals surface area contributed by atoms with E-state index in [1.807, 2.05) is 6.92 Å². The van der Waals surface area contributed by atoms with Crippen molar-refractivity contribution in [3.63, 3.8) is 0 Å². The number of nitrogens with one attached hydrogen (secondary N) is 1. The summed E-state index contributed by atoms with van der Waals surface area (Å²) in [5.74, 6) is 0.577. The van der Waals surface area contributed by atoms with Crippen LogP contribution in [-0.2, 0) is 11.3 Å². The molecule has 0 aliphatic heterocycles. The number of ether oxygens (including phenoxy) is 1. The van der Waals surface area contributed by atoms with Crippen molar-refractivity contribution in [3.05, 3.63) is 38.6 Å². The van der Waals surface area contributed by atoms with Crippen molar-refractivity contribution in [3.8, 4) is 11.4 Å². The van der Waals surface area contributed by atoms with Gasteiger partial charge in [0.2, 0.25) is 0 Å². The van der Waals surface area contributed by atoms with E-state index < -0.39 is 4.92 Å². The predicted octanol–water partition coefficient (Wildman–Crippen LogP) is 2.47. The van der Waals surface area contributed by atoms with E-state index in [0.29, 0.717) is 29.3 Å². The Morgan fingerprint density at radius 1 is 1.55 bits per heavy atom. The van der Waals surface area contributed by atoms with E-state index in [0.717, 1.165) is 5.56 Å². The smallest absolute Gasteiger partial charge is 0.270 e. The van der Waals surface area contributed by atoms with Crippen molar-refractivity contribution < 1.29 is 9.66 Å². The molecule has 20 heavy (non-hydrogen) atoms. The molecule has 0 amide bonds. The fourth-order valence-corrected chi connectivity index (χ4v) is 2.10. The molecule has 106 valence electrons. The third-order valence-corrected chi connectivity index (χ3v) is 3.26. The van der Waals surface area contributed by atoms with E-state index >= 15 is 0 Å². The number of aromatic nitrogens is 3. The molecule has 0 saturated heterocycles. The predicted molar refractivity (Wildman–Crippen MR) is 76.1 cm³/mol. The van der Waals surface area contributed by atoms with Crippen LogP contribution in [0.4, 0.5) is 5.69 Å². The van der Waals surface area contributed by atoms with Crippen molar-refractivity contribution in [1.82, 2.24) is 14.8 Å². The van der Waals surface area contributed by atoms with Crippen LogP contribution < -0.4 is 0 Å². The van der Waals surface area contributed by atoms with Gasteiger partial charge in [0.05, 0.1) is 18.1 Å². The second-order valence-corrected chi connectivity index (χ2v) is 4.64. The lowest BCUT2D eigenvalue weighted by Gasteiger charge is -2.08. The van der Waals surface area contributed by atoms with E-state index in [2.05, 4.69) is 10.2 Å². The van der Waals surface area contributed by atoms with Gasteiger partial charge in [0, 0.05) is 24.8 Å². The number of non-ortho nitro benzene ring substituents is 1. The van der Waals surface area contributed by atoms with Gasteiger partial charge in [-0.05, 0) is 24.7 Å². The molecule has 0 atom stereocenters. The highest BCUT2D eigenvalue weighted by atomic mass is 32.1. The van der Waals surface area contributed by atoms with Crippen molar-refractivity contribution in [1.29, 1.82) is 0 Å². The molecule has 0 fully saturated rings. The maximum absolute atomic E-state index is 10.9. The molecular formula is C12H14N4O3S. The number of nitro groups is 1. The minimum Gasteiger partial charge on any atom is -0.383 e. The summed E-state index contributed by atoms with van der Waals surface area (Å²) in [6.07, 6.45) is 0. The first kappa shape index (κ1) is 14.4. The Hall–Kier alpha value is -2.06. The van der Waals surface area contributed by atoms with E-state index in [9.17, 15) is 10.1 Å². The zero-order chi connectivity index (χ0) is 14.7. The molecular weight excluding hydrogens is 280 g/mol. The fourth-order valence-electron chi connectivity index (χ4n) is 1.88. The number of benzene rings is 1. The summed E-state index contributed by atoms with van der Waals surface area (Å²) in [6, 6.07) is 4.68. The van der Waals surface area contributed by atoms with E-state index in [-0.39, 0.29) is 5.69 Å². The third kappa shape index (κ3) is 2.75. The molecule has 7 nitrogen and oxygen atoms in total. The monoisotopic (exact) mass is 294 g/mol. The third-order valence-electron chi connectivity index (χ3n) is 2.95. The summed E-state index contributed by atoms with van der Waals surface area (Å²) in [5.41, 5.74) is 1.60. The molecule has 0 radical (unpaired) electrons. The van der Waals surface area contributed by atoms with Gasteiger partial charge in [-0.1, -0.05) is 6.07 Å². The first-order valence-electron chi connectivity index (χ1n) is 5.94. The molecule has 1 aromatic carbocycles. The molecule has 0 bridgehead atoms. The maximum atomic E-state index is 10.9. The SMILES string of the molecule is COCCn1c(-c2cc([N+](=O)[O-])ccc2C)n[nH]c1=S. The van der Waals surface area contributed by atoms with Crippen LogP contribution in [0.5, 0.6) is 0 Å². The van der Waals surface area contributed by atoms with Gasteiger partial charge >= 0.3 is 0 Å². The second kappa shape index (κ2) is 5.93. The highest BCUT2D eigenvalue weighted by Gasteiger charge is 2.15. The summed E-state index contributed by atoms with van der Waals surface area (Å²) in [6.45, 7) is 2.88. The molecule has 0 unspecified atom stereocenters. The van der Waals surface area contributed by atoms with Crippen LogP contribution in [0, 0.1) is 21.8 Å². The minimum absolute atomic E-state index is 0.0257. The number of nitrogens with zero attached hydrogens (tertiary/aromatic N) is 3. The molecule has 0 spiro atoms. The molecule has 1 heterocycles. The van der Waals surface area contributed by atoms with Crippen LogP contribution in [0.15, 0.2) is 18.2 Å². The molecule has 0 aliphatic rings. The van der Waals surface area contributed by atoms with Gasteiger partial charge in [-0.15, -0.1) is 0 Å². The van der Waals surface area contributed by atoms with Crippen LogP contribution in [0.2, 0.25) is 0 Å². The zero-order valence-corrected chi connectivity index (χ0v) is 11.9. The summed E-state index contributed by atoms with van der Waals surface area (Å²) < 4.78 is 7.27. The fraction of sp³-hybridized carbons (Fsp3) is 0.333. The molecule has 8 heteroatoms. The van der Waals surface area contributed by atoms with Crippen LogP contribution in [0.3, 0.4) is 0 Å². The van der Waals surface area contributed by atoms with Crippen LogP contribution >= 0.6 is 12.2 Å². The number of rotatable bonds is 5. The Labute approximate surface area is 120 Å². The number of hydrogen-bond donors (Lipinski definition) is 1. The second-order valence-electron chi connectivity index (χ2n) is 4.25. The Kier molecular flexibility index (Phi) is 4.26. The first-order valence-corrected chi connectivity index (χ1v) is 6.35. The average molecular weight is 294 g/mol. The molecule has 0 aliphatic carbocycles. The Morgan fingerprint density at radius 2 is 2.30 bits per heavy atom. The van der Waals surface area contributed by atoms with E-state index in [1.54, 1.807) is 17.7 Å². The van der Waals surface area contributed by atoms with Crippen molar-refractivity contribution in [2.45, 2.75) is 13.5 Å². The van der Waals surface area contributed by atoms with Gasteiger partial charge in [-0.25, -0.2) is 0 Å². The number of methoxy groups -OCH3 is 1. The largest absolute Gasteiger partial charge is 0.383 e. The zero-order valence-electron chi connectivity index (χ0n) is 11.1.